The first-order chi connectivity index (χ1) is 13.2. The molecule has 1 atom stereocenters. The van der Waals surface area contributed by atoms with Gasteiger partial charge in [-0.05, 0) is 36.2 Å². The summed E-state index contributed by atoms with van der Waals surface area (Å²) in [7, 11) is 0. The highest BCUT2D eigenvalue weighted by atomic mass is 19.1. The van der Waals surface area contributed by atoms with Gasteiger partial charge in [-0.1, -0.05) is 19.1 Å². The SMILES string of the molecule is CC1C=CCN(c2ccc(N3CCc4[nH]c5cc(F)ccc5c4C3)cn2)C1. The van der Waals surface area contributed by atoms with E-state index in [9.17, 15) is 4.39 Å². The number of nitrogens with one attached hydrogen (secondary N) is 1. The van der Waals surface area contributed by atoms with Gasteiger partial charge in [0.15, 0.2) is 0 Å². The van der Waals surface area contributed by atoms with Crippen molar-refractivity contribution in [2.24, 2.45) is 5.92 Å². The molecule has 0 amide bonds. The lowest BCUT2D eigenvalue weighted by atomic mass is 10.0. The van der Waals surface area contributed by atoms with E-state index in [1.165, 1.54) is 11.3 Å². The van der Waals surface area contributed by atoms with Crippen molar-refractivity contribution < 1.29 is 4.39 Å². The van der Waals surface area contributed by atoms with Crippen molar-refractivity contribution >= 4 is 22.4 Å². The Hall–Kier alpha value is -2.82. The van der Waals surface area contributed by atoms with Crippen LogP contribution < -0.4 is 9.80 Å². The van der Waals surface area contributed by atoms with Gasteiger partial charge in [0.25, 0.3) is 0 Å². The lowest BCUT2D eigenvalue weighted by Crippen LogP contribution is -2.32. The van der Waals surface area contributed by atoms with Crippen molar-refractivity contribution in [2.75, 3.05) is 29.4 Å². The predicted molar refractivity (Wildman–Crippen MR) is 108 cm³/mol. The van der Waals surface area contributed by atoms with Crippen LogP contribution in [-0.2, 0) is 13.0 Å². The minimum absolute atomic E-state index is 0.195. The van der Waals surface area contributed by atoms with Gasteiger partial charge in [0.2, 0.25) is 0 Å². The van der Waals surface area contributed by atoms with Crippen LogP contribution in [0.2, 0.25) is 0 Å². The van der Waals surface area contributed by atoms with E-state index >= 15 is 0 Å². The Morgan fingerprint density at radius 3 is 2.93 bits per heavy atom. The molecule has 4 nitrogen and oxygen atoms in total. The zero-order valence-corrected chi connectivity index (χ0v) is 15.5. The number of fused-ring (bicyclic) bond motifs is 3. The molecule has 2 aliphatic heterocycles. The molecule has 1 unspecified atom stereocenters. The van der Waals surface area contributed by atoms with Gasteiger partial charge in [0.05, 0.1) is 11.9 Å². The minimum atomic E-state index is -0.195. The quantitative estimate of drug-likeness (QED) is 0.691. The molecular formula is C22H23FN4. The van der Waals surface area contributed by atoms with Crippen LogP contribution in [0.15, 0.2) is 48.7 Å². The van der Waals surface area contributed by atoms with Gasteiger partial charge in [-0.25, -0.2) is 9.37 Å². The maximum atomic E-state index is 13.5. The summed E-state index contributed by atoms with van der Waals surface area (Å²) in [6, 6.07) is 9.31. The largest absolute Gasteiger partial charge is 0.365 e. The van der Waals surface area contributed by atoms with Crippen molar-refractivity contribution in [3.63, 3.8) is 0 Å². The molecule has 0 aliphatic carbocycles. The number of aromatic nitrogens is 2. The number of aromatic amines is 1. The summed E-state index contributed by atoms with van der Waals surface area (Å²) in [5.74, 6) is 1.40. The lowest BCUT2D eigenvalue weighted by molar-refractivity contribution is 0.629. The fraction of sp³-hybridized carbons (Fsp3) is 0.318. The van der Waals surface area contributed by atoms with Crippen molar-refractivity contribution in [2.45, 2.75) is 19.9 Å². The predicted octanol–water partition coefficient (Wildman–Crippen LogP) is 4.28. The van der Waals surface area contributed by atoms with Gasteiger partial charge in [0, 0.05) is 54.8 Å². The highest BCUT2D eigenvalue weighted by Gasteiger charge is 2.22. The molecule has 0 spiro atoms. The summed E-state index contributed by atoms with van der Waals surface area (Å²) in [4.78, 5) is 12.8. The van der Waals surface area contributed by atoms with Gasteiger partial charge < -0.3 is 14.8 Å². The molecular weight excluding hydrogens is 339 g/mol. The Morgan fingerprint density at radius 1 is 1.19 bits per heavy atom. The van der Waals surface area contributed by atoms with Crippen molar-refractivity contribution in [3.8, 4) is 0 Å². The number of nitrogens with zero attached hydrogens (tertiary/aromatic N) is 3. The van der Waals surface area contributed by atoms with Gasteiger partial charge in [-0.15, -0.1) is 0 Å². The van der Waals surface area contributed by atoms with Crippen molar-refractivity contribution in [1.29, 1.82) is 0 Å². The number of pyridine rings is 1. The minimum Gasteiger partial charge on any atom is -0.365 e. The van der Waals surface area contributed by atoms with Gasteiger partial charge in [0.1, 0.15) is 11.6 Å². The second-order valence-corrected chi connectivity index (χ2v) is 7.63. The number of anilines is 2. The molecule has 138 valence electrons. The van der Waals surface area contributed by atoms with E-state index in [1.54, 1.807) is 12.1 Å². The number of H-pyrrole nitrogens is 1. The highest BCUT2D eigenvalue weighted by Crippen LogP contribution is 2.31. The molecule has 0 saturated carbocycles. The summed E-state index contributed by atoms with van der Waals surface area (Å²) >= 11 is 0. The van der Waals surface area contributed by atoms with E-state index in [-0.39, 0.29) is 5.82 Å². The second kappa shape index (κ2) is 6.41. The Labute approximate surface area is 158 Å². The molecule has 1 N–H and O–H groups in total. The van der Waals surface area contributed by atoms with Crippen LogP contribution in [0.4, 0.5) is 15.9 Å². The van der Waals surface area contributed by atoms with E-state index in [0.29, 0.717) is 5.92 Å². The Bertz CT molecular complexity index is 1010. The molecule has 27 heavy (non-hydrogen) atoms. The smallest absolute Gasteiger partial charge is 0.128 e. The molecule has 5 rings (SSSR count). The molecule has 0 fully saturated rings. The average Bonchev–Trinajstić information content (AvgIpc) is 3.04. The summed E-state index contributed by atoms with van der Waals surface area (Å²) in [5.41, 5.74) is 4.53. The Kier molecular flexibility index (Phi) is 3.88. The molecule has 1 aromatic carbocycles. The van der Waals surface area contributed by atoms with Crippen LogP contribution in [0.1, 0.15) is 18.2 Å². The fourth-order valence-corrected chi connectivity index (χ4v) is 4.26. The third-order valence-electron chi connectivity index (χ3n) is 5.66. The van der Waals surface area contributed by atoms with Crippen LogP contribution in [0.3, 0.4) is 0 Å². The monoisotopic (exact) mass is 362 g/mol. The van der Waals surface area contributed by atoms with Crippen molar-refractivity contribution in [1.82, 2.24) is 9.97 Å². The number of hydrogen-bond acceptors (Lipinski definition) is 3. The van der Waals surface area contributed by atoms with Crippen LogP contribution in [-0.4, -0.2) is 29.6 Å². The molecule has 2 aromatic heterocycles. The highest BCUT2D eigenvalue weighted by molar-refractivity contribution is 5.85. The maximum Gasteiger partial charge on any atom is 0.128 e. The van der Waals surface area contributed by atoms with E-state index < -0.39 is 0 Å². The summed E-state index contributed by atoms with van der Waals surface area (Å²) in [6.07, 6.45) is 7.40. The average molecular weight is 362 g/mol. The molecule has 5 heteroatoms. The van der Waals surface area contributed by atoms with E-state index in [0.717, 1.165) is 55.0 Å². The maximum absolute atomic E-state index is 13.5. The van der Waals surface area contributed by atoms with Gasteiger partial charge >= 0.3 is 0 Å². The number of benzene rings is 1. The standard InChI is InChI=1S/C22H23FN4/c1-15-3-2-9-27(13-15)22-7-5-17(12-24-22)26-10-8-20-19(14-26)18-6-4-16(23)11-21(18)25-20/h2-7,11-12,15,25H,8-10,13-14H2,1H3. The first kappa shape index (κ1) is 16.4. The third kappa shape index (κ3) is 2.97. The summed E-state index contributed by atoms with van der Waals surface area (Å²) in [5, 5.41) is 1.12. The van der Waals surface area contributed by atoms with Crippen molar-refractivity contribution in [3.05, 3.63) is 65.8 Å². The van der Waals surface area contributed by atoms with Gasteiger partial charge in [-0.2, -0.15) is 0 Å². The van der Waals surface area contributed by atoms with Crippen LogP contribution in [0, 0.1) is 11.7 Å². The van der Waals surface area contributed by atoms with Gasteiger partial charge in [-0.3, -0.25) is 0 Å². The van der Waals surface area contributed by atoms with E-state index in [1.807, 2.05) is 12.3 Å². The summed E-state index contributed by atoms with van der Waals surface area (Å²) in [6.45, 7) is 5.94. The molecule has 0 bridgehead atoms. The Balaban J connectivity index is 1.38. The summed E-state index contributed by atoms with van der Waals surface area (Å²) < 4.78 is 13.5. The molecule has 4 heterocycles. The topological polar surface area (TPSA) is 35.2 Å². The second-order valence-electron chi connectivity index (χ2n) is 7.63. The zero-order chi connectivity index (χ0) is 18.4. The Morgan fingerprint density at radius 2 is 2.11 bits per heavy atom. The zero-order valence-electron chi connectivity index (χ0n) is 15.5. The normalized spacial score (nSPS) is 19.6. The molecule has 0 radical (unpaired) electrons. The number of hydrogen-bond donors (Lipinski definition) is 1. The number of rotatable bonds is 2. The first-order valence-electron chi connectivity index (χ1n) is 9.59. The fourth-order valence-electron chi connectivity index (χ4n) is 4.26. The van der Waals surface area contributed by atoms with Crippen LogP contribution >= 0.6 is 0 Å². The lowest BCUT2D eigenvalue weighted by Gasteiger charge is -2.31. The van der Waals surface area contributed by atoms with Crippen LogP contribution in [0.25, 0.3) is 10.9 Å². The molecule has 0 saturated heterocycles. The molecule has 2 aliphatic rings. The first-order valence-corrected chi connectivity index (χ1v) is 9.59. The third-order valence-corrected chi connectivity index (χ3v) is 5.66. The number of halogens is 1. The van der Waals surface area contributed by atoms with E-state index in [4.69, 9.17) is 4.98 Å². The molecule has 3 aromatic rings. The van der Waals surface area contributed by atoms with E-state index in [2.05, 4.69) is 46.0 Å². The van der Waals surface area contributed by atoms with Crippen LogP contribution in [0.5, 0.6) is 0 Å².